The SMILES string of the molecule is O=S1(=O)CCC(S(=O)(=O)N2CCc3[nH]nc(C4CC4)c3CC2)C1. The molecule has 1 aliphatic carbocycles. The third-order valence-corrected chi connectivity index (χ3v) is 9.45. The maximum absolute atomic E-state index is 12.8. The van der Waals surface area contributed by atoms with E-state index in [2.05, 4.69) is 10.2 Å². The fraction of sp³-hybridized carbons (Fsp3) is 0.786. The summed E-state index contributed by atoms with van der Waals surface area (Å²) in [6.07, 6.45) is 3.84. The second-order valence-electron chi connectivity index (χ2n) is 6.81. The van der Waals surface area contributed by atoms with E-state index in [-0.39, 0.29) is 17.9 Å². The highest BCUT2D eigenvalue weighted by Gasteiger charge is 2.41. The van der Waals surface area contributed by atoms with Gasteiger partial charge in [-0.1, -0.05) is 0 Å². The first kappa shape index (κ1) is 15.6. The van der Waals surface area contributed by atoms with Crippen LogP contribution in [0.2, 0.25) is 0 Å². The van der Waals surface area contributed by atoms with Crippen LogP contribution in [0.3, 0.4) is 0 Å². The molecule has 2 aliphatic heterocycles. The van der Waals surface area contributed by atoms with Crippen LogP contribution in [0.4, 0.5) is 0 Å². The second-order valence-corrected chi connectivity index (χ2v) is 11.3. The summed E-state index contributed by atoms with van der Waals surface area (Å²) in [5, 5.41) is 6.71. The number of aromatic nitrogens is 2. The van der Waals surface area contributed by atoms with Crippen molar-refractivity contribution in [2.24, 2.45) is 0 Å². The molecule has 0 spiro atoms. The normalized spacial score (nSPS) is 28.4. The summed E-state index contributed by atoms with van der Waals surface area (Å²) >= 11 is 0. The van der Waals surface area contributed by atoms with Crippen molar-refractivity contribution in [1.82, 2.24) is 14.5 Å². The number of hydrogen-bond acceptors (Lipinski definition) is 5. The Bertz CT molecular complexity index is 824. The molecule has 0 amide bonds. The van der Waals surface area contributed by atoms with Gasteiger partial charge in [0.25, 0.3) is 0 Å². The van der Waals surface area contributed by atoms with Crippen LogP contribution < -0.4 is 0 Å². The third kappa shape index (κ3) is 2.83. The Kier molecular flexibility index (Phi) is 3.58. The molecule has 1 N–H and O–H groups in total. The lowest BCUT2D eigenvalue weighted by Gasteiger charge is -2.23. The smallest absolute Gasteiger partial charge is 0.218 e. The highest BCUT2D eigenvalue weighted by atomic mass is 32.2. The molecule has 7 nitrogen and oxygen atoms in total. The summed E-state index contributed by atoms with van der Waals surface area (Å²) in [6, 6.07) is 0. The molecular formula is C14H21N3O4S2. The van der Waals surface area contributed by atoms with E-state index in [0.717, 1.165) is 11.4 Å². The Labute approximate surface area is 136 Å². The van der Waals surface area contributed by atoms with Crippen LogP contribution in [-0.4, -0.2) is 61.2 Å². The average Bonchev–Trinajstić information content (AvgIpc) is 3.21. The van der Waals surface area contributed by atoms with E-state index < -0.39 is 25.1 Å². The molecule has 0 radical (unpaired) electrons. The van der Waals surface area contributed by atoms with Crippen molar-refractivity contribution >= 4 is 19.9 Å². The highest BCUT2D eigenvalue weighted by molar-refractivity contribution is 7.95. The molecule has 1 aromatic rings. The van der Waals surface area contributed by atoms with Crippen LogP contribution in [0, 0.1) is 0 Å². The molecule has 0 bridgehead atoms. The standard InChI is InChI=1S/C14H21N3O4S2/c18-22(19)8-5-11(9-22)23(20,21)17-6-3-12-13(4-7-17)15-16-14(12)10-1-2-10/h10-11H,1-9H2,(H,15,16). The van der Waals surface area contributed by atoms with E-state index in [1.54, 1.807) is 0 Å². The zero-order valence-corrected chi connectivity index (χ0v) is 14.5. The molecule has 0 aromatic carbocycles. The molecule has 23 heavy (non-hydrogen) atoms. The van der Waals surface area contributed by atoms with Crippen LogP contribution in [0.5, 0.6) is 0 Å². The van der Waals surface area contributed by atoms with Crippen molar-refractivity contribution < 1.29 is 16.8 Å². The van der Waals surface area contributed by atoms with Crippen LogP contribution >= 0.6 is 0 Å². The van der Waals surface area contributed by atoms with Gasteiger partial charge in [0.2, 0.25) is 10.0 Å². The van der Waals surface area contributed by atoms with Crippen molar-refractivity contribution in [1.29, 1.82) is 0 Å². The molecule has 3 aliphatic rings. The van der Waals surface area contributed by atoms with Gasteiger partial charge < -0.3 is 0 Å². The molecule has 1 aromatic heterocycles. The van der Waals surface area contributed by atoms with Crippen molar-refractivity contribution in [3.8, 4) is 0 Å². The van der Waals surface area contributed by atoms with Crippen LogP contribution in [0.15, 0.2) is 0 Å². The highest BCUT2D eigenvalue weighted by Crippen LogP contribution is 2.41. The van der Waals surface area contributed by atoms with E-state index in [9.17, 15) is 16.8 Å². The first-order chi connectivity index (χ1) is 10.9. The first-order valence-corrected chi connectivity index (χ1v) is 11.4. The van der Waals surface area contributed by atoms with Gasteiger partial charge in [-0.25, -0.2) is 21.1 Å². The predicted octanol–water partition coefficient (Wildman–Crippen LogP) is 0.205. The Balaban J connectivity index is 1.53. The summed E-state index contributed by atoms with van der Waals surface area (Å²) in [6.45, 7) is 0.823. The quantitative estimate of drug-likeness (QED) is 0.831. The van der Waals surface area contributed by atoms with Crippen molar-refractivity contribution in [2.75, 3.05) is 24.6 Å². The molecule has 1 unspecified atom stereocenters. The van der Waals surface area contributed by atoms with Gasteiger partial charge in [-0.05, 0) is 31.2 Å². The molecule has 3 heterocycles. The van der Waals surface area contributed by atoms with Crippen LogP contribution in [0.25, 0.3) is 0 Å². The number of fused-ring (bicyclic) bond motifs is 1. The maximum atomic E-state index is 12.8. The van der Waals surface area contributed by atoms with Crippen molar-refractivity contribution in [2.45, 2.75) is 43.3 Å². The van der Waals surface area contributed by atoms with E-state index in [1.807, 2.05) is 0 Å². The van der Waals surface area contributed by atoms with Crippen molar-refractivity contribution in [3.63, 3.8) is 0 Å². The fourth-order valence-corrected chi connectivity index (χ4v) is 8.17. The number of sulfone groups is 1. The third-order valence-electron chi connectivity index (χ3n) is 5.14. The number of sulfonamides is 1. The van der Waals surface area contributed by atoms with Crippen LogP contribution in [0.1, 0.15) is 42.1 Å². The molecular weight excluding hydrogens is 338 g/mol. The first-order valence-electron chi connectivity index (χ1n) is 8.12. The van der Waals surface area contributed by atoms with Gasteiger partial charge in [0.1, 0.15) is 0 Å². The summed E-state index contributed by atoms with van der Waals surface area (Å²) in [5.74, 6) is 0.295. The largest absolute Gasteiger partial charge is 0.282 e. The summed E-state index contributed by atoms with van der Waals surface area (Å²) < 4.78 is 50.2. The summed E-state index contributed by atoms with van der Waals surface area (Å²) in [4.78, 5) is 0. The monoisotopic (exact) mass is 359 g/mol. The number of nitrogens with zero attached hydrogens (tertiary/aromatic N) is 2. The number of aromatic amines is 1. The Morgan fingerprint density at radius 1 is 1.13 bits per heavy atom. The van der Waals surface area contributed by atoms with Crippen molar-refractivity contribution in [3.05, 3.63) is 17.0 Å². The number of nitrogens with one attached hydrogen (secondary N) is 1. The number of hydrogen-bond donors (Lipinski definition) is 1. The van der Waals surface area contributed by atoms with Gasteiger partial charge in [-0.15, -0.1) is 0 Å². The van der Waals surface area contributed by atoms with Gasteiger partial charge in [0.15, 0.2) is 9.84 Å². The lowest BCUT2D eigenvalue weighted by atomic mass is 10.1. The minimum atomic E-state index is -3.55. The fourth-order valence-electron chi connectivity index (χ4n) is 3.64. The van der Waals surface area contributed by atoms with Gasteiger partial charge >= 0.3 is 0 Å². The average molecular weight is 359 g/mol. The lowest BCUT2D eigenvalue weighted by molar-refractivity contribution is 0.418. The van der Waals surface area contributed by atoms with Gasteiger partial charge in [-0.3, -0.25) is 5.10 Å². The predicted molar refractivity (Wildman–Crippen MR) is 85.5 cm³/mol. The summed E-state index contributed by atoms with van der Waals surface area (Å²) in [7, 11) is -6.75. The Hall–Kier alpha value is -0.930. The Morgan fingerprint density at radius 2 is 1.87 bits per heavy atom. The molecule has 4 rings (SSSR count). The summed E-state index contributed by atoms with van der Waals surface area (Å²) in [5.41, 5.74) is 3.34. The minimum absolute atomic E-state index is 0.0144. The lowest BCUT2D eigenvalue weighted by Crippen LogP contribution is -2.40. The molecule has 9 heteroatoms. The zero-order chi connectivity index (χ0) is 16.2. The second kappa shape index (κ2) is 5.29. The topological polar surface area (TPSA) is 100 Å². The van der Waals surface area contributed by atoms with Gasteiger partial charge in [0, 0.05) is 31.1 Å². The molecule has 2 fully saturated rings. The van der Waals surface area contributed by atoms with E-state index >= 15 is 0 Å². The van der Waals surface area contributed by atoms with Gasteiger partial charge in [-0.2, -0.15) is 5.10 Å². The Morgan fingerprint density at radius 3 is 2.52 bits per heavy atom. The molecule has 1 atom stereocenters. The maximum Gasteiger partial charge on any atom is 0.218 e. The minimum Gasteiger partial charge on any atom is -0.282 e. The van der Waals surface area contributed by atoms with E-state index in [4.69, 9.17) is 0 Å². The van der Waals surface area contributed by atoms with Crippen LogP contribution in [-0.2, 0) is 32.7 Å². The van der Waals surface area contributed by atoms with E-state index in [1.165, 1.54) is 22.7 Å². The zero-order valence-electron chi connectivity index (χ0n) is 12.9. The van der Waals surface area contributed by atoms with Gasteiger partial charge in [0.05, 0.1) is 22.4 Å². The van der Waals surface area contributed by atoms with E-state index in [0.29, 0.717) is 31.8 Å². The molecule has 1 saturated heterocycles. The molecule has 128 valence electrons. The number of H-pyrrole nitrogens is 1. The molecule has 1 saturated carbocycles. The number of rotatable bonds is 3.